The average Bonchev–Trinajstić information content (AvgIpc) is 2.61. The molecule has 0 saturated carbocycles. The number of halogens is 1. The summed E-state index contributed by atoms with van der Waals surface area (Å²) in [6.07, 6.45) is 2.25. The Morgan fingerprint density at radius 3 is 3.00 bits per heavy atom. The molecule has 1 aromatic carbocycles. The summed E-state index contributed by atoms with van der Waals surface area (Å²) in [5.41, 5.74) is 2.73. The lowest BCUT2D eigenvalue weighted by atomic mass is 10.2. The fraction of sp³-hybridized carbons (Fsp3) is 0.167. The van der Waals surface area contributed by atoms with Crippen LogP contribution in [0.15, 0.2) is 30.5 Å². The number of nitrogens with zero attached hydrogens (tertiary/aromatic N) is 3. The topological polar surface area (TPSA) is 41.6 Å². The Balaban J connectivity index is 2.42. The van der Waals surface area contributed by atoms with Crippen LogP contribution >= 0.6 is 11.6 Å². The van der Waals surface area contributed by atoms with Gasteiger partial charge in [-0.3, -0.25) is 0 Å². The summed E-state index contributed by atoms with van der Waals surface area (Å²) in [4.78, 5) is 0. The Bertz CT molecular complexity index is 552. The number of nitriles is 1. The monoisotopic (exact) mass is 231 g/mol. The summed E-state index contributed by atoms with van der Waals surface area (Å²) in [6, 6.07) is 9.57. The minimum atomic E-state index is 0.381. The molecule has 0 saturated heterocycles. The molecule has 1 heterocycles. The molecule has 2 rings (SSSR count). The molecule has 0 spiro atoms. The Kier molecular flexibility index (Phi) is 2.93. The van der Waals surface area contributed by atoms with Crippen molar-refractivity contribution in [3.63, 3.8) is 0 Å². The van der Waals surface area contributed by atoms with Gasteiger partial charge in [-0.1, -0.05) is 17.7 Å². The maximum atomic E-state index is 8.66. The first-order valence-corrected chi connectivity index (χ1v) is 5.26. The van der Waals surface area contributed by atoms with Crippen LogP contribution in [-0.4, -0.2) is 9.78 Å². The molecule has 0 atom stereocenters. The third kappa shape index (κ3) is 2.07. The lowest BCUT2D eigenvalue weighted by Gasteiger charge is -2.00. The van der Waals surface area contributed by atoms with E-state index in [0.717, 1.165) is 16.9 Å². The summed E-state index contributed by atoms with van der Waals surface area (Å²) < 4.78 is 1.74. The Morgan fingerprint density at radius 1 is 1.50 bits per heavy atom. The first kappa shape index (κ1) is 10.7. The van der Waals surface area contributed by atoms with Crippen molar-refractivity contribution in [3.8, 4) is 11.8 Å². The molecule has 1 aromatic heterocycles. The molecule has 0 radical (unpaired) electrons. The first-order valence-electron chi connectivity index (χ1n) is 4.89. The molecule has 0 aliphatic carbocycles. The first-order chi connectivity index (χ1) is 7.70. The Hall–Kier alpha value is -1.79. The van der Waals surface area contributed by atoms with Crippen molar-refractivity contribution in [2.45, 2.75) is 13.3 Å². The Labute approximate surface area is 98.9 Å². The SMILES string of the molecule is Cc1nn(-c2cccc(Cl)c2)cc1CC#N. The van der Waals surface area contributed by atoms with Crippen molar-refractivity contribution >= 4 is 11.6 Å². The van der Waals surface area contributed by atoms with E-state index in [4.69, 9.17) is 16.9 Å². The quantitative estimate of drug-likeness (QED) is 0.798. The van der Waals surface area contributed by atoms with Gasteiger partial charge in [0.05, 0.1) is 23.9 Å². The van der Waals surface area contributed by atoms with Crippen molar-refractivity contribution in [2.24, 2.45) is 0 Å². The van der Waals surface area contributed by atoms with Gasteiger partial charge in [-0.25, -0.2) is 4.68 Å². The van der Waals surface area contributed by atoms with Crippen LogP contribution in [0, 0.1) is 18.3 Å². The van der Waals surface area contributed by atoms with Gasteiger partial charge in [-0.2, -0.15) is 10.4 Å². The number of aryl methyl sites for hydroxylation is 1. The number of aromatic nitrogens is 2. The van der Waals surface area contributed by atoms with E-state index in [0.29, 0.717) is 11.4 Å². The van der Waals surface area contributed by atoms with E-state index in [2.05, 4.69) is 11.2 Å². The van der Waals surface area contributed by atoms with Gasteiger partial charge in [0.25, 0.3) is 0 Å². The predicted molar refractivity (Wildman–Crippen MR) is 62.6 cm³/mol. The molecule has 4 heteroatoms. The zero-order chi connectivity index (χ0) is 11.5. The van der Waals surface area contributed by atoms with E-state index in [1.54, 1.807) is 4.68 Å². The summed E-state index contributed by atoms with van der Waals surface area (Å²) in [6.45, 7) is 1.90. The van der Waals surface area contributed by atoms with E-state index in [-0.39, 0.29) is 0 Å². The molecule has 0 unspecified atom stereocenters. The van der Waals surface area contributed by atoms with Crippen molar-refractivity contribution in [3.05, 3.63) is 46.7 Å². The molecule has 0 N–H and O–H groups in total. The van der Waals surface area contributed by atoms with Crippen LogP contribution in [0.1, 0.15) is 11.3 Å². The van der Waals surface area contributed by atoms with E-state index in [1.807, 2.05) is 37.4 Å². The molecule has 0 aliphatic rings. The van der Waals surface area contributed by atoms with Gasteiger partial charge in [0, 0.05) is 16.8 Å². The van der Waals surface area contributed by atoms with E-state index >= 15 is 0 Å². The highest BCUT2D eigenvalue weighted by Gasteiger charge is 2.05. The maximum absolute atomic E-state index is 8.66. The molecule has 0 aliphatic heterocycles. The molecule has 80 valence electrons. The summed E-state index contributed by atoms with van der Waals surface area (Å²) in [7, 11) is 0. The smallest absolute Gasteiger partial charge is 0.0671 e. The van der Waals surface area contributed by atoms with Gasteiger partial charge in [-0.15, -0.1) is 0 Å². The van der Waals surface area contributed by atoms with E-state index in [9.17, 15) is 0 Å². The highest BCUT2D eigenvalue weighted by Crippen LogP contribution is 2.16. The molecule has 0 fully saturated rings. The molecule has 16 heavy (non-hydrogen) atoms. The number of benzene rings is 1. The largest absolute Gasteiger partial charge is 0.240 e. The van der Waals surface area contributed by atoms with Gasteiger partial charge in [0.1, 0.15) is 0 Å². The average molecular weight is 232 g/mol. The number of hydrogen-bond donors (Lipinski definition) is 0. The second-order valence-corrected chi connectivity index (χ2v) is 3.94. The zero-order valence-electron chi connectivity index (χ0n) is 8.81. The van der Waals surface area contributed by atoms with Crippen LogP contribution in [0.5, 0.6) is 0 Å². The van der Waals surface area contributed by atoms with Crippen molar-refractivity contribution in [1.29, 1.82) is 5.26 Å². The summed E-state index contributed by atoms with van der Waals surface area (Å²) in [5, 5.41) is 13.7. The Morgan fingerprint density at radius 2 is 2.31 bits per heavy atom. The minimum Gasteiger partial charge on any atom is -0.240 e. The lowest BCUT2D eigenvalue weighted by Crippen LogP contribution is -1.94. The highest BCUT2D eigenvalue weighted by atomic mass is 35.5. The van der Waals surface area contributed by atoms with Gasteiger partial charge >= 0.3 is 0 Å². The molecular weight excluding hydrogens is 222 g/mol. The fourth-order valence-corrected chi connectivity index (χ4v) is 1.69. The van der Waals surface area contributed by atoms with Crippen LogP contribution in [-0.2, 0) is 6.42 Å². The van der Waals surface area contributed by atoms with Crippen LogP contribution in [0.2, 0.25) is 5.02 Å². The normalized spacial score (nSPS) is 10.1. The number of hydrogen-bond acceptors (Lipinski definition) is 2. The summed E-state index contributed by atoms with van der Waals surface area (Å²) in [5.74, 6) is 0. The zero-order valence-corrected chi connectivity index (χ0v) is 9.57. The third-order valence-corrected chi connectivity index (χ3v) is 2.58. The van der Waals surface area contributed by atoms with Crippen molar-refractivity contribution in [2.75, 3.05) is 0 Å². The summed E-state index contributed by atoms with van der Waals surface area (Å²) >= 11 is 5.91. The minimum absolute atomic E-state index is 0.381. The third-order valence-electron chi connectivity index (χ3n) is 2.34. The van der Waals surface area contributed by atoms with Gasteiger partial charge in [0.2, 0.25) is 0 Å². The van der Waals surface area contributed by atoms with E-state index < -0.39 is 0 Å². The maximum Gasteiger partial charge on any atom is 0.0671 e. The van der Waals surface area contributed by atoms with Crippen molar-refractivity contribution in [1.82, 2.24) is 9.78 Å². The van der Waals surface area contributed by atoms with Crippen molar-refractivity contribution < 1.29 is 0 Å². The molecular formula is C12H10ClN3. The van der Waals surface area contributed by atoms with Gasteiger partial charge < -0.3 is 0 Å². The molecule has 2 aromatic rings. The fourth-order valence-electron chi connectivity index (χ4n) is 1.51. The second kappa shape index (κ2) is 4.38. The van der Waals surface area contributed by atoms with Crippen LogP contribution < -0.4 is 0 Å². The standard InChI is InChI=1S/C12H10ClN3/c1-9-10(5-6-14)8-16(15-9)12-4-2-3-11(13)7-12/h2-4,7-8H,5H2,1H3. The lowest BCUT2D eigenvalue weighted by molar-refractivity contribution is 0.863. The molecule has 0 bridgehead atoms. The molecule has 0 amide bonds. The molecule has 3 nitrogen and oxygen atoms in total. The second-order valence-electron chi connectivity index (χ2n) is 3.50. The van der Waals surface area contributed by atoms with Gasteiger partial charge in [-0.05, 0) is 25.1 Å². The highest BCUT2D eigenvalue weighted by molar-refractivity contribution is 6.30. The van der Waals surface area contributed by atoms with Gasteiger partial charge in [0.15, 0.2) is 0 Å². The number of rotatable bonds is 2. The van der Waals surface area contributed by atoms with Crippen LogP contribution in [0.3, 0.4) is 0 Å². The van der Waals surface area contributed by atoms with Crippen LogP contribution in [0.4, 0.5) is 0 Å². The predicted octanol–water partition coefficient (Wildman–Crippen LogP) is 2.90. The van der Waals surface area contributed by atoms with Crippen LogP contribution in [0.25, 0.3) is 5.69 Å². The van der Waals surface area contributed by atoms with E-state index in [1.165, 1.54) is 0 Å².